The lowest BCUT2D eigenvalue weighted by Crippen LogP contribution is -2.48. The van der Waals surface area contributed by atoms with Crippen LogP contribution in [0.2, 0.25) is 0 Å². The average molecular weight is 368 g/mol. The molecule has 1 aliphatic heterocycles. The third-order valence-electron chi connectivity index (χ3n) is 3.23. The minimum atomic E-state index is 0. The maximum absolute atomic E-state index is 4.26. The molecule has 18 heavy (non-hydrogen) atoms. The van der Waals surface area contributed by atoms with E-state index in [2.05, 4.69) is 34.4 Å². The van der Waals surface area contributed by atoms with E-state index in [1.165, 1.54) is 38.9 Å². The Morgan fingerprint density at radius 1 is 1.22 bits per heavy atom. The quantitative estimate of drug-likeness (QED) is 0.443. The first-order valence-electron chi connectivity index (χ1n) is 6.99. The number of rotatable bonds is 5. The van der Waals surface area contributed by atoms with Gasteiger partial charge in [0.2, 0.25) is 0 Å². The van der Waals surface area contributed by atoms with E-state index in [-0.39, 0.29) is 24.0 Å². The number of halogens is 1. The van der Waals surface area contributed by atoms with Crippen molar-refractivity contribution in [1.29, 1.82) is 0 Å². The maximum Gasteiger partial charge on any atom is 0.191 e. The van der Waals surface area contributed by atoms with Crippen molar-refractivity contribution >= 4 is 29.9 Å². The fourth-order valence-corrected chi connectivity index (χ4v) is 2.25. The second kappa shape index (κ2) is 10.8. The molecule has 0 aromatic rings. The Hall–Kier alpha value is -0.0400. The lowest BCUT2D eigenvalue weighted by Gasteiger charge is -2.32. The van der Waals surface area contributed by atoms with Gasteiger partial charge in [-0.3, -0.25) is 4.99 Å². The molecule has 0 amide bonds. The van der Waals surface area contributed by atoms with Crippen LogP contribution >= 0.6 is 24.0 Å². The monoisotopic (exact) mass is 368 g/mol. The minimum absolute atomic E-state index is 0. The van der Waals surface area contributed by atoms with Crippen LogP contribution in [0.1, 0.15) is 39.5 Å². The van der Waals surface area contributed by atoms with Crippen LogP contribution in [-0.2, 0) is 0 Å². The van der Waals surface area contributed by atoms with E-state index in [0.29, 0.717) is 6.04 Å². The largest absolute Gasteiger partial charge is 0.356 e. The Morgan fingerprint density at radius 3 is 2.39 bits per heavy atom. The summed E-state index contributed by atoms with van der Waals surface area (Å²) in [5.41, 5.74) is 0. The molecule has 108 valence electrons. The number of hydrogen-bond donors (Lipinski definition) is 2. The van der Waals surface area contributed by atoms with Gasteiger partial charge >= 0.3 is 0 Å². The Balaban J connectivity index is 0.00000289. The summed E-state index contributed by atoms with van der Waals surface area (Å²) in [6, 6.07) is 0.589. The Kier molecular flexibility index (Phi) is 10.8. The van der Waals surface area contributed by atoms with Crippen LogP contribution in [0, 0.1) is 0 Å². The molecular formula is C13H29IN4. The molecule has 0 aliphatic carbocycles. The van der Waals surface area contributed by atoms with Gasteiger partial charge in [-0.15, -0.1) is 24.0 Å². The predicted molar refractivity (Wildman–Crippen MR) is 90.0 cm³/mol. The molecule has 1 aliphatic rings. The van der Waals surface area contributed by atoms with E-state index >= 15 is 0 Å². The molecule has 0 saturated carbocycles. The molecule has 0 atom stereocenters. The summed E-state index contributed by atoms with van der Waals surface area (Å²) in [6.07, 6.45) is 4.85. The minimum Gasteiger partial charge on any atom is -0.356 e. The van der Waals surface area contributed by atoms with Gasteiger partial charge in [-0.1, -0.05) is 13.8 Å². The lowest BCUT2D eigenvalue weighted by molar-refractivity contribution is 0.206. The third kappa shape index (κ3) is 6.78. The van der Waals surface area contributed by atoms with Crippen LogP contribution in [0.15, 0.2) is 4.99 Å². The zero-order chi connectivity index (χ0) is 12.5. The number of likely N-dealkylation sites (tertiary alicyclic amines) is 1. The van der Waals surface area contributed by atoms with Crippen molar-refractivity contribution in [3.05, 3.63) is 0 Å². The van der Waals surface area contributed by atoms with E-state index in [1.807, 2.05) is 7.05 Å². The van der Waals surface area contributed by atoms with Crippen LogP contribution in [-0.4, -0.2) is 50.1 Å². The molecule has 4 nitrogen and oxygen atoms in total. The van der Waals surface area contributed by atoms with Gasteiger partial charge in [0.25, 0.3) is 0 Å². The summed E-state index contributed by atoms with van der Waals surface area (Å²) in [5.74, 6) is 0.959. The second-order valence-corrected chi connectivity index (χ2v) is 4.76. The van der Waals surface area contributed by atoms with Crippen LogP contribution in [0.4, 0.5) is 0 Å². The summed E-state index contributed by atoms with van der Waals surface area (Å²) in [5, 5.41) is 6.84. The number of guanidine groups is 1. The number of nitrogens with zero attached hydrogens (tertiary/aromatic N) is 2. The number of hydrogen-bond acceptors (Lipinski definition) is 2. The molecule has 0 aromatic heterocycles. The van der Waals surface area contributed by atoms with Gasteiger partial charge in [-0.05, 0) is 32.2 Å². The molecule has 0 unspecified atom stereocenters. The average Bonchev–Trinajstić information content (AvgIpc) is 2.37. The summed E-state index contributed by atoms with van der Waals surface area (Å²) < 4.78 is 0. The molecule has 1 rings (SSSR count). The molecule has 0 bridgehead atoms. The van der Waals surface area contributed by atoms with Gasteiger partial charge in [0, 0.05) is 32.7 Å². The highest BCUT2D eigenvalue weighted by Gasteiger charge is 2.18. The standard InChI is InChI=1S/C13H28N4.HI/c1-4-8-15-13(14-3)16-12-6-10-17(9-5-2)11-7-12;/h12H,4-11H2,1-3H3,(H2,14,15,16);1H. The fraction of sp³-hybridized carbons (Fsp3) is 0.923. The van der Waals surface area contributed by atoms with Crippen LogP contribution in [0.25, 0.3) is 0 Å². The first kappa shape index (κ1) is 18.0. The van der Waals surface area contributed by atoms with Gasteiger partial charge in [0.05, 0.1) is 0 Å². The summed E-state index contributed by atoms with van der Waals surface area (Å²) >= 11 is 0. The van der Waals surface area contributed by atoms with Crippen LogP contribution in [0.5, 0.6) is 0 Å². The first-order chi connectivity index (χ1) is 8.30. The van der Waals surface area contributed by atoms with E-state index in [9.17, 15) is 0 Å². The van der Waals surface area contributed by atoms with Crippen LogP contribution in [0.3, 0.4) is 0 Å². The first-order valence-corrected chi connectivity index (χ1v) is 6.99. The molecular weight excluding hydrogens is 339 g/mol. The van der Waals surface area contributed by atoms with Crippen molar-refractivity contribution in [3.63, 3.8) is 0 Å². The molecule has 0 spiro atoms. The molecule has 2 N–H and O–H groups in total. The Bertz CT molecular complexity index is 225. The van der Waals surface area contributed by atoms with Gasteiger partial charge < -0.3 is 15.5 Å². The SMILES string of the molecule is CCCNC(=NC)NC1CCN(CCC)CC1.I. The fourth-order valence-electron chi connectivity index (χ4n) is 2.25. The molecule has 1 heterocycles. The highest BCUT2D eigenvalue weighted by Crippen LogP contribution is 2.10. The molecule has 5 heteroatoms. The number of piperidine rings is 1. The van der Waals surface area contributed by atoms with Crippen LogP contribution < -0.4 is 10.6 Å². The van der Waals surface area contributed by atoms with E-state index in [4.69, 9.17) is 0 Å². The lowest BCUT2D eigenvalue weighted by atomic mass is 10.1. The topological polar surface area (TPSA) is 39.7 Å². The van der Waals surface area contributed by atoms with Crippen molar-refractivity contribution in [2.24, 2.45) is 4.99 Å². The third-order valence-corrected chi connectivity index (χ3v) is 3.23. The normalized spacial score (nSPS) is 18.3. The van der Waals surface area contributed by atoms with Crippen molar-refractivity contribution in [3.8, 4) is 0 Å². The van der Waals surface area contributed by atoms with Crippen molar-refractivity contribution < 1.29 is 0 Å². The zero-order valence-corrected chi connectivity index (χ0v) is 14.4. The molecule has 1 fully saturated rings. The van der Waals surface area contributed by atoms with Gasteiger partial charge in [-0.25, -0.2) is 0 Å². The molecule has 1 saturated heterocycles. The van der Waals surface area contributed by atoms with Crippen molar-refractivity contribution in [1.82, 2.24) is 15.5 Å². The highest BCUT2D eigenvalue weighted by atomic mass is 127. The number of aliphatic imine (C=N–C) groups is 1. The summed E-state index contributed by atoms with van der Waals surface area (Å²) in [4.78, 5) is 6.81. The summed E-state index contributed by atoms with van der Waals surface area (Å²) in [6.45, 7) is 9.10. The Labute approximate surface area is 129 Å². The van der Waals surface area contributed by atoms with E-state index in [0.717, 1.165) is 18.9 Å². The predicted octanol–water partition coefficient (Wildman–Crippen LogP) is 2.05. The second-order valence-electron chi connectivity index (χ2n) is 4.76. The van der Waals surface area contributed by atoms with Gasteiger partial charge in [-0.2, -0.15) is 0 Å². The van der Waals surface area contributed by atoms with Crippen molar-refractivity contribution in [2.75, 3.05) is 33.2 Å². The molecule has 0 aromatic carbocycles. The Morgan fingerprint density at radius 2 is 1.89 bits per heavy atom. The van der Waals surface area contributed by atoms with E-state index < -0.39 is 0 Å². The smallest absolute Gasteiger partial charge is 0.191 e. The zero-order valence-electron chi connectivity index (χ0n) is 12.0. The number of nitrogens with one attached hydrogen (secondary N) is 2. The van der Waals surface area contributed by atoms with Gasteiger partial charge in [0.1, 0.15) is 0 Å². The van der Waals surface area contributed by atoms with Crippen molar-refractivity contribution in [2.45, 2.75) is 45.6 Å². The van der Waals surface area contributed by atoms with E-state index in [1.54, 1.807) is 0 Å². The van der Waals surface area contributed by atoms with Gasteiger partial charge in [0.15, 0.2) is 5.96 Å². The summed E-state index contributed by atoms with van der Waals surface area (Å²) in [7, 11) is 1.84. The maximum atomic E-state index is 4.26. The highest BCUT2D eigenvalue weighted by molar-refractivity contribution is 14.0. The molecule has 0 radical (unpaired) electrons.